The number of aryl methyl sites for hydroxylation is 2. The summed E-state index contributed by atoms with van der Waals surface area (Å²) in [4.78, 5) is 12.8. The molecular formula is C28H35NO3. The number of fused-ring (bicyclic) bond motifs is 3. The minimum Gasteiger partial charge on any atom is -0.487 e. The number of carbonyl (C=O) groups excluding carboxylic acids is 1. The molecular weight excluding hydrogens is 398 g/mol. The van der Waals surface area contributed by atoms with Crippen molar-refractivity contribution >= 4 is 11.7 Å². The van der Waals surface area contributed by atoms with E-state index < -0.39 is 0 Å². The number of allylic oxidation sites excluding steroid dienone is 2. The van der Waals surface area contributed by atoms with Gasteiger partial charge in [-0.1, -0.05) is 30.7 Å². The lowest BCUT2D eigenvalue weighted by Gasteiger charge is -2.46. The van der Waals surface area contributed by atoms with Crippen LogP contribution in [0.1, 0.15) is 76.0 Å². The third-order valence-electron chi connectivity index (χ3n) is 6.97. The zero-order valence-corrected chi connectivity index (χ0v) is 19.7. The molecule has 2 unspecified atom stereocenters. The quantitative estimate of drug-likeness (QED) is 0.249. The summed E-state index contributed by atoms with van der Waals surface area (Å²) in [6, 6.07) is 12.0. The molecule has 1 heterocycles. The van der Waals surface area contributed by atoms with E-state index in [0.717, 1.165) is 54.7 Å². The lowest BCUT2D eigenvalue weighted by molar-refractivity contribution is -0.134. The van der Waals surface area contributed by atoms with Crippen LogP contribution in [-0.2, 0) is 17.6 Å². The Bertz CT molecular complexity index is 1020. The first kappa shape index (κ1) is 22.4. The molecule has 0 spiro atoms. The molecule has 1 aliphatic heterocycles. The van der Waals surface area contributed by atoms with Gasteiger partial charge >= 0.3 is 5.97 Å². The summed E-state index contributed by atoms with van der Waals surface area (Å²) in [5, 5.41) is 0. The monoisotopic (exact) mass is 433 g/mol. The van der Waals surface area contributed by atoms with Crippen LogP contribution in [0.3, 0.4) is 0 Å². The van der Waals surface area contributed by atoms with Crippen molar-refractivity contribution in [2.45, 2.75) is 77.7 Å². The summed E-state index contributed by atoms with van der Waals surface area (Å²) >= 11 is 0. The van der Waals surface area contributed by atoms with Crippen LogP contribution in [0.5, 0.6) is 11.5 Å². The van der Waals surface area contributed by atoms with Crippen LogP contribution >= 0.6 is 0 Å². The van der Waals surface area contributed by atoms with Crippen LogP contribution in [0.4, 0.5) is 5.69 Å². The first-order chi connectivity index (χ1) is 15.3. The van der Waals surface area contributed by atoms with Crippen LogP contribution < -0.4 is 15.2 Å². The molecule has 0 saturated carbocycles. The number of carbonyl (C=O) groups is 1. The van der Waals surface area contributed by atoms with Gasteiger partial charge in [-0.2, -0.15) is 0 Å². The molecule has 2 aromatic carbocycles. The van der Waals surface area contributed by atoms with Crippen LogP contribution in [0.2, 0.25) is 0 Å². The molecule has 0 radical (unpaired) electrons. The SMILES string of the molecule is CCc1cc(OC(=O)CCCc2ccc(N)cc2)c2c(c1)OC(C)(C)C1CCC(C)=CC21. The fraction of sp³-hybridized carbons (Fsp3) is 0.464. The Morgan fingerprint density at radius 2 is 1.94 bits per heavy atom. The number of anilines is 1. The van der Waals surface area contributed by atoms with E-state index in [2.05, 4.69) is 39.8 Å². The Morgan fingerprint density at radius 3 is 2.66 bits per heavy atom. The van der Waals surface area contributed by atoms with E-state index in [1.807, 2.05) is 30.3 Å². The predicted octanol–water partition coefficient (Wildman–Crippen LogP) is 6.37. The normalized spacial score (nSPS) is 21.1. The van der Waals surface area contributed by atoms with E-state index in [9.17, 15) is 4.79 Å². The summed E-state index contributed by atoms with van der Waals surface area (Å²) < 4.78 is 12.5. The fourth-order valence-corrected chi connectivity index (χ4v) is 5.14. The number of hydrogen-bond donors (Lipinski definition) is 1. The third-order valence-corrected chi connectivity index (χ3v) is 6.97. The van der Waals surface area contributed by atoms with Gasteiger partial charge in [-0.15, -0.1) is 0 Å². The Labute approximate surface area is 191 Å². The zero-order chi connectivity index (χ0) is 22.9. The second kappa shape index (κ2) is 9.01. The van der Waals surface area contributed by atoms with Crippen molar-refractivity contribution in [3.63, 3.8) is 0 Å². The number of rotatable bonds is 6. The Hall–Kier alpha value is -2.75. The first-order valence-corrected chi connectivity index (χ1v) is 11.8. The van der Waals surface area contributed by atoms with Crippen LogP contribution in [0, 0.1) is 5.92 Å². The van der Waals surface area contributed by atoms with Gasteiger partial charge in [-0.25, -0.2) is 0 Å². The second-order valence-electron chi connectivity index (χ2n) is 9.82. The molecule has 2 aromatic rings. The highest BCUT2D eigenvalue weighted by Gasteiger charge is 2.45. The van der Waals surface area contributed by atoms with E-state index >= 15 is 0 Å². The predicted molar refractivity (Wildman–Crippen MR) is 129 cm³/mol. The Balaban J connectivity index is 1.55. The topological polar surface area (TPSA) is 61.5 Å². The zero-order valence-electron chi connectivity index (χ0n) is 19.7. The van der Waals surface area contributed by atoms with E-state index in [-0.39, 0.29) is 17.5 Å². The number of benzene rings is 2. The summed E-state index contributed by atoms with van der Waals surface area (Å²) in [7, 11) is 0. The van der Waals surface area contributed by atoms with E-state index in [4.69, 9.17) is 15.2 Å². The molecule has 0 aromatic heterocycles. The molecule has 2 aliphatic rings. The molecule has 4 rings (SSSR count). The fourth-order valence-electron chi connectivity index (χ4n) is 5.14. The average molecular weight is 434 g/mol. The van der Waals surface area contributed by atoms with E-state index in [0.29, 0.717) is 18.1 Å². The number of nitrogen functional groups attached to an aromatic ring is 1. The van der Waals surface area contributed by atoms with Crippen LogP contribution in [-0.4, -0.2) is 11.6 Å². The maximum absolute atomic E-state index is 12.8. The summed E-state index contributed by atoms with van der Waals surface area (Å²) in [6.07, 6.45) is 7.35. The molecule has 0 bridgehead atoms. The minimum absolute atomic E-state index is 0.186. The summed E-state index contributed by atoms with van der Waals surface area (Å²) in [5.74, 6) is 1.94. The molecule has 0 fully saturated rings. The standard InChI is InChI=1S/C28H35NO3/c1-5-19-16-24(31-26(30)8-6-7-20-10-12-21(29)13-11-20)27-22-15-18(2)9-14-23(22)28(3,4)32-25(27)17-19/h10-13,15-17,22-23H,5-9,14,29H2,1-4H3. The molecule has 170 valence electrons. The van der Waals surface area contributed by atoms with Crippen LogP contribution in [0.15, 0.2) is 48.0 Å². The molecule has 0 amide bonds. The van der Waals surface area contributed by atoms with Gasteiger partial charge in [0.05, 0.1) is 0 Å². The van der Waals surface area contributed by atoms with Gasteiger partial charge in [-0.05, 0) is 88.3 Å². The van der Waals surface area contributed by atoms with Gasteiger partial charge in [0.25, 0.3) is 0 Å². The largest absolute Gasteiger partial charge is 0.487 e. The van der Waals surface area contributed by atoms with Crippen molar-refractivity contribution in [1.82, 2.24) is 0 Å². The minimum atomic E-state index is -0.248. The Morgan fingerprint density at radius 1 is 1.19 bits per heavy atom. The number of ether oxygens (including phenoxy) is 2. The van der Waals surface area contributed by atoms with Crippen LogP contribution in [0.25, 0.3) is 0 Å². The van der Waals surface area contributed by atoms with Crippen molar-refractivity contribution in [2.24, 2.45) is 5.92 Å². The maximum Gasteiger partial charge on any atom is 0.311 e. The number of esters is 1. The molecule has 0 saturated heterocycles. The van der Waals surface area contributed by atoms with Gasteiger partial charge in [0.2, 0.25) is 0 Å². The summed E-state index contributed by atoms with van der Waals surface area (Å²) in [6.45, 7) is 8.68. The van der Waals surface area contributed by atoms with E-state index in [1.165, 1.54) is 11.1 Å². The van der Waals surface area contributed by atoms with E-state index in [1.54, 1.807) is 0 Å². The first-order valence-electron chi connectivity index (χ1n) is 11.8. The van der Waals surface area contributed by atoms with Crippen molar-refractivity contribution in [3.05, 3.63) is 64.7 Å². The molecule has 4 heteroatoms. The molecule has 1 aliphatic carbocycles. The van der Waals surface area contributed by atoms with Gasteiger partial charge in [-0.3, -0.25) is 4.79 Å². The van der Waals surface area contributed by atoms with Crippen molar-refractivity contribution in [2.75, 3.05) is 5.73 Å². The molecule has 2 N–H and O–H groups in total. The average Bonchev–Trinajstić information content (AvgIpc) is 2.74. The molecule has 2 atom stereocenters. The maximum atomic E-state index is 12.8. The van der Waals surface area contributed by atoms with Crippen molar-refractivity contribution in [1.29, 1.82) is 0 Å². The number of hydrogen-bond acceptors (Lipinski definition) is 4. The number of nitrogens with two attached hydrogens (primary N) is 1. The second-order valence-corrected chi connectivity index (χ2v) is 9.82. The highest BCUT2D eigenvalue weighted by Crippen LogP contribution is 2.53. The highest BCUT2D eigenvalue weighted by molar-refractivity contribution is 5.74. The summed E-state index contributed by atoms with van der Waals surface area (Å²) in [5.41, 5.74) is 11.0. The smallest absolute Gasteiger partial charge is 0.311 e. The lowest BCUT2D eigenvalue weighted by Crippen LogP contribution is -2.45. The Kier molecular flexibility index (Phi) is 6.32. The van der Waals surface area contributed by atoms with Gasteiger partial charge in [0, 0.05) is 29.5 Å². The highest BCUT2D eigenvalue weighted by atomic mass is 16.5. The van der Waals surface area contributed by atoms with Gasteiger partial charge < -0.3 is 15.2 Å². The van der Waals surface area contributed by atoms with Crippen molar-refractivity contribution in [3.8, 4) is 11.5 Å². The van der Waals surface area contributed by atoms with Gasteiger partial charge in [0.1, 0.15) is 17.1 Å². The van der Waals surface area contributed by atoms with Gasteiger partial charge in [0.15, 0.2) is 0 Å². The lowest BCUT2D eigenvalue weighted by atomic mass is 9.68. The molecule has 4 nitrogen and oxygen atoms in total. The van der Waals surface area contributed by atoms with Crippen molar-refractivity contribution < 1.29 is 14.3 Å². The third kappa shape index (κ3) is 4.69. The molecule has 32 heavy (non-hydrogen) atoms.